The van der Waals surface area contributed by atoms with E-state index in [9.17, 15) is 4.79 Å². The zero-order valence-corrected chi connectivity index (χ0v) is 12.3. The zero-order valence-electron chi connectivity index (χ0n) is 11.6. The fraction of sp³-hybridized carbons (Fsp3) is 0.357. The van der Waals surface area contributed by atoms with E-state index in [-0.39, 0.29) is 5.56 Å². The van der Waals surface area contributed by atoms with Gasteiger partial charge >= 0.3 is 0 Å². The molecule has 0 saturated heterocycles. The van der Waals surface area contributed by atoms with Crippen molar-refractivity contribution in [2.24, 2.45) is 0 Å². The summed E-state index contributed by atoms with van der Waals surface area (Å²) in [6.07, 6.45) is 3.33. The number of halogens is 1. The van der Waals surface area contributed by atoms with Crippen LogP contribution in [0.25, 0.3) is 0 Å². The van der Waals surface area contributed by atoms with Crippen molar-refractivity contribution in [3.63, 3.8) is 0 Å². The Morgan fingerprint density at radius 1 is 1.30 bits per heavy atom. The van der Waals surface area contributed by atoms with Crippen LogP contribution >= 0.6 is 11.6 Å². The predicted octanol–water partition coefficient (Wildman–Crippen LogP) is 2.19. The van der Waals surface area contributed by atoms with Crippen molar-refractivity contribution in [2.75, 3.05) is 18.0 Å². The Bertz CT molecular complexity index is 637. The molecule has 2 aromatic heterocycles. The lowest BCUT2D eigenvalue weighted by molar-refractivity contribution is 0.625. The van der Waals surface area contributed by atoms with Crippen molar-refractivity contribution in [2.45, 2.75) is 20.4 Å². The Balaban J connectivity index is 2.24. The molecule has 0 amide bonds. The second kappa shape index (κ2) is 6.52. The highest BCUT2D eigenvalue weighted by Crippen LogP contribution is 2.10. The van der Waals surface area contributed by atoms with Crippen LogP contribution < -0.4 is 10.5 Å². The van der Waals surface area contributed by atoms with Crippen LogP contribution in [0.2, 0.25) is 5.02 Å². The maximum atomic E-state index is 12.1. The average Bonchev–Trinajstić information content (AvgIpc) is 2.43. The molecule has 0 spiro atoms. The maximum Gasteiger partial charge on any atom is 0.269 e. The van der Waals surface area contributed by atoms with Gasteiger partial charge in [-0.25, -0.2) is 4.68 Å². The summed E-state index contributed by atoms with van der Waals surface area (Å²) in [6.45, 7) is 6.10. The highest BCUT2D eigenvalue weighted by Gasteiger charge is 2.06. The fourth-order valence-electron chi connectivity index (χ4n) is 1.99. The summed E-state index contributed by atoms with van der Waals surface area (Å²) in [5.41, 5.74) is 1.41. The minimum absolute atomic E-state index is 0.142. The van der Waals surface area contributed by atoms with Crippen LogP contribution in [-0.4, -0.2) is 27.9 Å². The van der Waals surface area contributed by atoms with Crippen molar-refractivity contribution >= 4 is 17.3 Å². The number of pyridine rings is 1. The van der Waals surface area contributed by atoms with Gasteiger partial charge in [0.1, 0.15) is 0 Å². The largest absolute Gasteiger partial charge is 0.371 e. The molecule has 2 rings (SSSR count). The van der Waals surface area contributed by atoms with Crippen molar-refractivity contribution in [3.8, 4) is 0 Å². The Kier molecular flexibility index (Phi) is 4.74. The number of nitrogens with zero attached hydrogens (tertiary/aromatic N) is 4. The lowest BCUT2D eigenvalue weighted by Gasteiger charge is -2.20. The minimum atomic E-state index is -0.142. The number of rotatable bonds is 5. The molecule has 6 heteroatoms. The van der Waals surface area contributed by atoms with Crippen molar-refractivity contribution in [1.29, 1.82) is 0 Å². The normalized spacial score (nSPS) is 10.6. The number of hydrogen-bond acceptors (Lipinski definition) is 4. The van der Waals surface area contributed by atoms with Gasteiger partial charge in [0.15, 0.2) is 0 Å². The molecular formula is C14H17ClN4O. The molecule has 0 aliphatic carbocycles. The summed E-state index contributed by atoms with van der Waals surface area (Å²) >= 11 is 5.90. The summed E-state index contributed by atoms with van der Waals surface area (Å²) in [4.78, 5) is 18.3. The Hall–Kier alpha value is -1.88. The van der Waals surface area contributed by atoms with Crippen molar-refractivity contribution in [3.05, 3.63) is 51.7 Å². The molecule has 0 aromatic carbocycles. The van der Waals surface area contributed by atoms with Crippen LogP contribution in [0.4, 0.5) is 5.69 Å². The third-order valence-electron chi connectivity index (χ3n) is 3.07. The predicted molar refractivity (Wildman–Crippen MR) is 80.4 cm³/mol. The standard InChI is InChI=1S/C14H17ClN4O/c1-3-18(4-2)13-8-14(20)19(17-9-13)10-12-7-11(15)5-6-16-12/h5-9H,3-4,10H2,1-2H3. The van der Waals surface area contributed by atoms with Crippen LogP contribution in [0.15, 0.2) is 35.4 Å². The maximum absolute atomic E-state index is 12.1. The highest BCUT2D eigenvalue weighted by atomic mass is 35.5. The Morgan fingerprint density at radius 3 is 2.65 bits per heavy atom. The highest BCUT2D eigenvalue weighted by molar-refractivity contribution is 6.30. The number of hydrogen-bond donors (Lipinski definition) is 0. The summed E-state index contributed by atoms with van der Waals surface area (Å²) in [7, 11) is 0. The van der Waals surface area contributed by atoms with Gasteiger partial charge in [-0.05, 0) is 26.0 Å². The minimum Gasteiger partial charge on any atom is -0.371 e. The Labute approximate surface area is 122 Å². The first-order valence-corrected chi connectivity index (χ1v) is 6.94. The van der Waals surface area contributed by atoms with Crippen LogP contribution in [0.5, 0.6) is 0 Å². The second-order valence-corrected chi connectivity index (χ2v) is 4.78. The quantitative estimate of drug-likeness (QED) is 0.848. The second-order valence-electron chi connectivity index (χ2n) is 4.35. The molecule has 106 valence electrons. The number of aromatic nitrogens is 3. The number of anilines is 1. The van der Waals surface area contributed by atoms with Crippen LogP contribution in [0.3, 0.4) is 0 Å². The molecule has 0 atom stereocenters. The molecule has 0 unspecified atom stereocenters. The summed E-state index contributed by atoms with van der Waals surface area (Å²) in [5.74, 6) is 0. The molecule has 0 N–H and O–H groups in total. The lowest BCUT2D eigenvalue weighted by Crippen LogP contribution is -2.28. The van der Waals surface area contributed by atoms with Gasteiger partial charge in [-0.15, -0.1) is 0 Å². The van der Waals surface area contributed by atoms with E-state index < -0.39 is 0 Å². The molecule has 0 bridgehead atoms. The molecule has 2 heterocycles. The van der Waals surface area contributed by atoms with E-state index in [1.807, 2.05) is 13.8 Å². The molecule has 5 nitrogen and oxygen atoms in total. The molecule has 0 radical (unpaired) electrons. The van der Waals surface area contributed by atoms with Gasteiger partial charge in [0.05, 0.1) is 24.1 Å². The monoisotopic (exact) mass is 292 g/mol. The van der Waals surface area contributed by atoms with E-state index in [2.05, 4.69) is 15.0 Å². The molecule has 0 aliphatic rings. The molecule has 2 aromatic rings. The van der Waals surface area contributed by atoms with Gasteiger partial charge in [0.25, 0.3) is 5.56 Å². The van der Waals surface area contributed by atoms with Gasteiger partial charge in [-0.3, -0.25) is 9.78 Å². The van der Waals surface area contributed by atoms with E-state index in [0.29, 0.717) is 17.3 Å². The summed E-state index contributed by atoms with van der Waals surface area (Å²) in [6, 6.07) is 5.03. The van der Waals surface area contributed by atoms with E-state index in [1.54, 1.807) is 30.6 Å². The molecular weight excluding hydrogens is 276 g/mol. The van der Waals surface area contributed by atoms with Gasteiger partial charge in [-0.1, -0.05) is 11.6 Å². The topological polar surface area (TPSA) is 51.0 Å². The fourth-order valence-corrected chi connectivity index (χ4v) is 2.18. The molecule has 0 saturated carbocycles. The van der Waals surface area contributed by atoms with Crippen LogP contribution in [0, 0.1) is 0 Å². The van der Waals surface area contributed by atoms with Crippen LogP contribution in [0.1, 0.15) is 19.5 Å². The smallest absolute Gasteiger partial charge is 0.269 e. The summed E-state index contributed by atoms with van der Waals surface area (Å²) < 4.78 is 1.38. The van der Waals surface area contributed by atoms with E-state index in [1.165, 1.54) is 4.68 Å². The first-order valence-electron chi connectivity index (χ1n) is 6.56. The zero-order chi connectivity index (χ0) is 14.5. The third-order valence-corrected chi connectivity index (χ3v) is 3.31. The molecule has 0 fully saturated rings. The molecule has 20 heavy (non-hydrogen) atoms. The molecule has 0 aliphatic heterocycles. The first-order chi connectivity index (χ1) is 9.63. The first kappa shape index (κ1) is 14.5. The van der Waals surface area contributed by atoms with E-state index >= 15 is 0 Å². The van der Waals surface area contributed by atoms with Crippen LogP contribution in [-0.2, 0) is 6.54 Å². The average molecular weight is 293 g/mol. The van der Waals surface area contributed by atoms with E-state index in [0.717, 1.165) is 18.8 Å². The van der Waals surface area contributed by atoms with Crippen molar-refractivity contribution < 1.29 is 0 Å². The summed E-state index contributed by atoms with van der Waals surface area (Å²) in [5, 5.41) is 4.80. The van der Waals surface area contributed by atoms with Gasteiger partial charge < -0.3 is 4.90 Å². The van der Waals surface area contributed by atoms with Gasteiger partial charge in [0.2, 0.25) is 0 Å². The Morgan fingerprint density at radius 2 is 2.05 bits per heavy atom. The van der Waals surface area contributed by atoms with Gasteiger partial charge in [-0.2, -0.15) is 5.10 Å². The van der Waals surface area contributed by atoms with Crippen molar-refractivity contribution in [1.82, 2.24) is 14.8 Å². The third kappa shape index (κ3) is 3.36. The van der Waals surface area contributed by atoms with E-state index in [4.69, 9.17) is 11.6 Å². The van der Waals surface area contributed by atoms with Gasteiger partial charge in [0, 0.05) is 30.4 Å². The lowest BCUT2D eigenvalue weighted by atomic mass is 10.3. The SMILES string of the molecule is CCN(CC)c1cnn(Cc2cc(Cl)ccn2)c(=O)c1.